The Morgan fingerprint density at radius 2 is 0.682 bits per heavy atom. The van der Waals surface area contributed by atoms with Gasteiger partial charge in [-0.3, -0.25) is 14.4 Å². The van der Waals surface area contributed by atoms with E-state index in [0.717, 1.165) is 18.2 Å². The molecule has 0 atom stereocenters. The van der Waals surface area contributed by atoms with Gasteiger partial charge in [0.25, 0.3) is 0 Å². The topological polar surface area (TPSA) is 120 Å². The average molecular weight is 455 g/mol. The predicted molar refractivity (Wildman–Crippen MR) is 73.3 cm³/mol. The second kappa shape index (κ2) is 18.0. The summed E-state index contributed by atoms with van der Waals surface area (Å²) in [5.74, 6) is -1.12. The molecule has 0 N–H and O–H groups in total. The molecule has 0 aliphatic rings. The van der Waals surface area contributed by atoms with E-state index >= 15 is 0 Å². The van der Waals surface area contributed by atoms with Gasteiger partial charge in [-0.2, -0.15) is 0 Å². The minimum atomic E-state index is -0.187. The van der Waals surface area contributed by atoms with E-state index in [4.69, 9.17) is 0 Å². The van der Waals surface area contributed by atoms with Crippen LogP contribution in [0.5, 0.6) is 0 Å². The molecule has 22 heavy (non-hydrogen) atoms. The molecule has 0 aromatic carbocycles. The van der Waals surface area contributed by atoms with Crippen molar-refractivity contribution in [3.63, 3.8) is 0 Å². The van der Waals surface area contributed by atoms with Gasteiger partial charge in [-0.25, -0.2) is 0 Å². The second-order valence-corrected chi connectivity index (χ2v) is 4.10. The first-order valence-corrected chi connectivity index (χ1v) is 5.96. The first kappa shape index (κ1) is 29.0. The minimum Gasteiger partial charge on any atom is -0.876 e. The van der Waals surface area contributed by atoms with Gasteiger partial charge in [-0.05, 0) is 39.0 Å². The Morgan fingerprint density at radius 1 is 0.545 bits per heavy atom. The summed E-state index contributed by atoms with van der Waals surface area (Å²) in [6.07, 6.45) is 3.17. The zero-order chi connectivity index (χ0) is 17.6. The fraction of sp³-hybridized carbons (Fsp3) is 0.400. The van der Waals surface area contributed by atoms with Gasteiger partial charge in [0.15, 0.2) is 17.3 Å². The first-order chi connectivity index (χ1) is 9.38. The van der Waals surface area contributed by atoms with Crippen LogP contribution in [0.1, 0.15) is 41.5 Å². The zero-order valence-electron chi connectivity index (χ0n) is 13.5. The molecule has 0 fully saturated rings. The molecule has 0 aromatic heterocycles. The number of hydrogen-bond donors (Lipinski definition) is 0. The maximum atomic E-state index is 9.98. The van der Waals surface area contributed by atoms with Crippen molar-refractivity contribution in [1.29, 1.82) is 0 Å². The fourth-order valence-corrected chi connectivity index (χ4v) is 0.859. The molecular formula is C15H21GdO6. The Kier molecular flexibility index (Phi) is 23.8. The van der Waals surface area contributed by atoms with Crippen LogP contribution in [-0.2, 0) is 14.4 Å². The predicted octanol–water partition coefficient (Wildman–Crippen LogP) is -0.481. The van der Waals surface area contributed by atoms with Gasteiger partial charge in [-0.1, -0.05) is 20.8 Å². The van der Waals surface area contributed by atoms with Gasteiger partial charge < -0.3 is 15.3 Å². The molecule has 1 radical (unpaired) electrons. The van der Waals surface area contributed by atoms with Gasteiger partial charge in [0.05, 0.1) is 0 Å². The number of carbonyl (C=O) groups excluding carboxylic acids is 3. The number of carbonyl (C=O) groups is 3. The zero-order valence-corrected chi connectivity index (χ0v) is 15.8. The third kappa shape index (κ3) is 50.9. The Bertz CT molecular complexity index is 368. The van der Waals surface area contributed by atoms with Crippen molar-refractivity contribution in [2.75, 3.05) is 0 Å². The van der Waals surface area contributed by atoms with Crippen molar-refractivity contribution in [2.24, 2.45) is 0 Å². The maximum absolute atomic E-state index is 9.98. The van der Waals surface area contributed by atoms with E-state index in [2.05, 4.69) is 0 Å². The van der Waals surface area contributed by atoms with E-state index in [9.17, 15) is 29.7 Å². The standard InChI is InChI=1S/3C5H8O2.Gd/c3*1-4(6)3-5(2)7;/h3*3,6H,1-2H3;/q;;;+3/p-3. The summed E-state index contributed by atoms with van der Waals surface area (Å²) in [7, 11) is 0. The summed E-state index contributed by atoms with van der Waals surface area (Å²) in [5.41, 5.74) is 0. The van der Waals surface area contributed by atoms with Crippen LogP contribution >= 0.6 is 0 Å². The molecule has 0 aliphatic carbocycles. The van der Waals surface area contributed by atoms with E-state index in [0.29, 0.717) is 0 Å². The van der Waals surface area contributed by atoms with E-state index in [1.54, 1.807) is 0 Å². The number of allylic oxidation sites excluding steroid dienone is 6. The quantitative estimate of drug-likeness (QED) is 0.419. The van der Waals surface area contributed by atoms with Gasteiger partial charge in [0.2, 0.25) is 0 Å². The summed E-state index contributed by atoms with van der Waals surface area (Å²) in [6.45, 7) is 8.09. The summed E-state index contributed by atoms with van der Waals surface area (Å²) in [4.78, 5) is 29.9. The van der Waals surface area contributed by atoms with Crippen LogP contribution in [0.15, 0.2) is 35.5 Å². The second-order valence-electron chi connectivity index (χ2n) is 4.10. The smallest absolute Gasteiger partial charge is 0.876 e. The summed E-state index contributed by atoms with van der Waals surface area (Å²) < 4.78 is 0. The Hall–Kier alpha value is -1.05. The maximum Gasteiger partial charge on any atom is 3.00 e. The van der Waals surface area contributed by atoms with Crippen molar-refractivity contribution in [2.45, 2.75) is 41.5 Å². The molecule has 0 rings (SSSR count). The molecule has 0 amide bonds. The Labute approximate surface area is 163 Å². The van der Waals surface area contributed by atoms with Crippen LogP contribution in [-0.4, -0.2) is 17.3 Å². The molecular weight excluding hydrogens is 433 g/mol. The number of ketones is 3. The van der Waals surface area contributed by atoms with Crippen LogP contribution in [0.4, 0.5) is 0 Å². The molecule has 0 aliphatic heterocycles. The van der Waals surface area contributed by atoms with Crippen LogP contribution in [0.3, 0.4) is 0 Å². The summed E-state index contributed by atoms with van der Waals surface area (Å²) in [5, 5.41) is 29.9. The summed E-state index contributed by atoms with van der Waals surface area (Å²) >= 11 is 0. The van der Waals surface area contributed by atoms with Gasteiger partial charge >= 0.3 is 39.9 Å². The van der Waals surface area contributed by atoms with Crippen molar-refractivity contribution >= 4 is 17.3 Å². The molecule has 0 saturated carbocycles. The van der Waals surface area contributed by atoms with E-state index < -0.39 is 0 Å². The summed E-state index contributed by atoms with van der Waals surface area (Å²) in [6, 6.07) is 0. The molecule has 0 unspecified atom stereocenters. The largest absolute Gasteiger partial charge is 3.00 e. The molecule has 0 bridgehead atoms. The molecule has 6 nitrogen and oxygen atoms in total. The Balaban J connectivity index is -0.000000108. The van der Waals surface area contributed by atoms with Crippen LogP contribution in [0.2, 0.25) is 0 Å². The molecule has 0 heterocycles. The van der Waals surface area contributed by atoms with Crippen LogP contribution in [0.25, 0.3) is 0 Å². The number of rotatable bonds is 3. The van der Waals surface area contributed by atoms with Gasteiger partial charge in [0.1, 0.15) is 0 Å². The van der Waals surface area contributed by atoms with Crippen molar-refractivity contribution in [3.05, 3.63) is 35.5 Å². The fourth-order valence-electron chi connectivity index (χ4n) is 0.859. The van der Waals surface area contributed by atoms with Gasteiger partial charge in [0, 0.05) is 0 Å². The van der Waals surface area contributed by atoms with Crippen LogP contribution in [0, 0.1) is 39.9 Å². The monoisotopic (exact) mass is 455 g/mol. The van der Waals surface area contributed by atoms with Crippen molar-refractivity contribution in [3.8, 4) is 0 Å². The first-order valence-electron chi connectivity index (χ1n) is 5.96. The molecule has 125 valence electrons. The van der Waals surface area contributed by atoms with E-state index in [1.165, 1.54) is 41.5 Å². The number of hydrogen-bond acceptors (Lipinski definition) is 6. The van der Waals surface area contributed by atoms with Crippen molar-refractivity contribution in [1.82, 2.24) is 0 Å². The normalized spacial score (nSPS) is 10.9. The van der Waals surface area contributed by atoms with Gasteiger partial charge in [-0.15, -0.1) is 17.3 Å². The Morgan fingerprint density at radius 3 is 0.682 bits per heavy atom. The van der Waals surface area contributed by atoms with E-state index in [1.807, 2.05) is 0 Å². The van der Waals surface area contributed by atoms with Crippen LogP contribution < -0.4 is 15.3 Å². The molecule has 0 spiro atoms. The third-order valence-corrected chi connectivity index (χ3v) is 1.22. The SMILES string of the molecule is CC(=O)C=C(C)[O-].CC(=O)C=C(C)[O-].CC(=O)C=C(C)[O-].[Gd+3]. The van der Waals surface area contributed by atoms with Crippen molar-refractivity contribution < 1.29 is 69.6 Å². The molecule has 0 aromatic rings. The molecule has 0 saturated heterocycles. The minimum absolute atomic E-state index is 0. The van der Waals surface area contributed by atoms with E-state index in [-0.39, 0.29) is 74.6 Å². The molecule has 7 heteroatoms. The third-order valence-electron chi connectivity index (χ3n) is 1.22. The average Bonchev–Trinajstić information content (AvgIpc) is 2.10.